The lowest BCUT2D eigenvalue weighted by Crippen LogP contribution is -2.49. The molecule has 0 radical (unpaired) electrons. The average molecular weight is 360 g/mol. The van der Waals surface area contributed by atoms with Gasteiger partial charge in [0.25, 0.3) is 0 Å². The first-order chi connectivity index (χ1) is 12.4. The first-order valence-electron chi connectivity index (χ1n) is 9.82. The Labute approximate surface area is 157 Å². The molecule has 1 aromatic rings. The van der Waals surface area contributed by atoms with Gasteiger partial charge >= 0.3 is 0 Å². The predicted octanol–water partition coefficient (Wildman–Crippen LogP) is 2.96. The van der Waals surface area contributed by atoms with Crippen molar-refractivity contribution in [3.05, 3.63) is 30.1 Å². The van der Waals surface area contributed by atoms with Crippen LogP contribution in [0.2, 0.25) is 0 Å². The third-order valence-corrected chi connectivity index (χ3v) is 5.51. The van der Waals surface area contributed by atoms with Crippen LogP contribution in [0.4, 0.5) is 0 Å². The molecule has 1 amide bonds. The van der Waals surface area contributed by atoms with E-state index in [-0.39, 0.29) is 10.8 Å². The second-order valence-corrected chi connectivity index (χ2v) is 9.24. The molecule has 2 saturated heterocycles. The van der Waals surface area contributed by atoms with Crippen LogP contribution >= 0.6 is 0 Å². The Morgan fingerprint density at radius 1 is 1.27 bits per heavy atom. The summed E-state index contributed by atoms with van der Waals surface area (Å²) in [7, 11) is 0. The number of piperidine rings is 1. The van der Waals surface area contributed by atoms with Crippen molar-refractivity contribution in [2.45, 2.75) is 46.6 Å². The zero-order valence-electron chi connectivity index (χ0n) is 16.5. The molecule has 1 spiro atoms. The van der Waals surface area contributed by atoms with Gasteiger partial charge in [-0.2, -0.15) is 0 Å². The van der Waals surface area contributed by atoms with Crippen molar-refractivity contribution in [1.82, 2.24) is 14.8 Å². The number of likely N-dealkylation sites (tertiary alicyclic amines) is 1. The van der Waals surface area contributed by atoms with E-state index < -0.39 is 0 Å². The number of pyridine rings is 1. The van der Waals surface area contributed by atoms with E-state index >= 15 is 0 Å². The number of aromatic nitrogens is 1. The largest absolute Gasteiger partial charge is 0.379 e. The number of hydrogen-bond donors (Lipinski definition) is 0. The number of amides is 1. The van der Waals surface area contributed by atoms with Crippen LogP contribution in [-0.2, 0) is 16.1 Å². The minimum atomic E-state index is 0.0537. The van der Waals surface area contributed by atoms with Gasteiger partial charge in [0.15, 0.2) is 0 Å². The molecule has 2 aliphatic heterocycles. The second kappa shape index (κ2) is 8.05. The summed E-state index contributed by atoms with van der Waals surface area (Å²) in [6.45, 7) is 12.6. The number of rotatable bonds is 3. The highest BCUT2D eigenvalue weighted by molar-refractivity contribution is 5.76. The summed E-state index contributed by atoms with van der Waals surface area (Å²) >= 11 is 0. The minimum Gasteiger partial charge on any atom is -0.379 e. The van der Waals surface area contributed by atoms with Gasteiger partial charge in [0.1, 0.15) is 0 Å². The van der Waals surface area contributed by atoms with Gasteiger partial charge in [-0.1, -0.05) is 26.8 Å². The van der Waals surface area contributed by atoms with Crippen molar-refractivity contribution < 1.29 is 9.53 Å². The molecule has 0 unspecified atom stereocenters. The molecule has 1 aromatic heterocycles. The Morgan fingerprint density at radius 2 is 2.04 bits per heavy atom. The topological polar surface area (TPSA) is 45.7 Å². The van der Waals surface area contributed by atoms with Crippen molar-refractivity contribution in [2.24, 2.45) is 10.8 Å². The lowest BCUT2D eigenvalue weighted by Gasteiger charge is -2.43. The van der Waals surface area contributed by atoms with E-state index in [1.165, 1.54) is 5.56 Å². The molecule has 3 heterocycles. The zero-order valence-corrected chi connectivity index (χ0v) is 16.5. The Bertz CT molecular complexity index is 589. The van der Waals surface area contributed by atoms with Gasteiger partial charge in [0.05, 0.1) is 13.2 Å². The van der Waals surface area contributed by atoms with E-state index in [4.69, 9.17) is 4.74 Å². The molecule has 5 nitrogen and oxygen atoms in total. The Hall–Kier alpha value is -1.46. The van der Waals surface area contributed by atoms with E-state index in [0.29, 0.717) is 12.3 Å². The molecule has 2 aliphatic rings. The molecule has 0 atom stereocenters. The number of ether oxygens (including phenoxy) is 1. The van der Waals surface area contributed by atoms with Crippen LogP contribution in [0.1, 0.15) is 45.6 Å². The van der Waals surface area contributed by atoms with E-state index in [0.717, 1.165) is 58.8 Å². The Kier molecular flexibility index (Phi) is 5.98. The molecule has 0 aliphatic carbocycles. The van der Waals surface area contributed by atoms with Gasteiger partial charge < -0.3 is 9.64 Å². The smallest absolute Gasteiger partial charge is 0.223 e. The normalized spacial score (nSPS) is 21.6. The molecular weight excluding hydrogens is 326 g/mol. The van der Waals surface area contributed by atoms with Crippen LogP contribution in [0.5, 0.6) is 0 Å². The van der Waals surface area contributed by atoms with Gasteiger partial charge in [-0.25, -0.2) is 0 Å². The van der Waals surface area contributed by atoms with Crippen LogP contribution in [0, 0.1) is 10.8 Å². The zero-order chi connectivity index (χ0) is 18.6. The highest BCUT2D eigenvalue weighted by Crippen LogP contribution is 2.35. The van der Waals surface area contributed by atoms with E-state index in [2.05, 4.69) is 41.6 Å². The molecule has 5 heteroatoms. The minimum absolute atomic E-state index is 0.0537. The predicted molar refractivity (Wildman–Crippen MR) is 103 cm³/mol. The fraction of sp³-hybridized carbons (Fsp3) is 0.714. The fourth-order valence-electron chi connectivity index (χ4n) is 4.06. The van der Waals surface area contributed by atoms with Gasteiger partial charge in [-0.05, 0) is 29.9 Å². The van der Waals surface area contributed by atoms with Gasteiger partial charge in [0.2, 0.25) is 5.91 Å². The van der Waals surface area contributed by atoms with Gasteiger partial charge in [0, 0.05) is 57.0 Å². The van der Waals surface area contributed by atoms with E-state index in [1.807, 2.05) is 18.5 Å². The quantitative estimate of drug-likeness (QED) is 0.832. The maximum absolute atomic E-state index is 12.5. The number of nitrogens with zero attached hydrogens (tertiary/aromatic N) is 3. The van der Waals surface area contributed by atoms with Crippen molar-refractivity contribution >= 4 is 5.91 Å². The Morgan fingerprint density at radius 3 is 2.69 bits per heavy atom. The summed E-state index contributed by atoms with van der Waals surface area (Å²) in [6, 6.07) is 4.14. The highest BCUT2D eigenvalue weighted by Gasteiger charge is 2.39. The molecular formula is C21H33N3O2. The molecule has 144 valence electrons. The van der Waals surface area contributed by atoms with Crippen LogP contribution in [0.25, 0.3) is 0 Å². The molecule has 0 N–H and O–H groups in total. The summed E-state index contributed by atoms with van der Waals surface area (Å²) < 4.78 is 5.97. The van der Waals surface area contributed by atoms with Crippen molar-refractivity contribution in [3.8, 4) is 0 Å². The van der Waals surface area contributed by atoms with Crippen LogP contribution in [-0.4, -0.2) is 60.1 Å². The first kappa shape index (κ1) is 19.3. The van der Waals surface area contributed by atoms with Crippen molar-refractivity contribution in [2.75, 3.05) is 39.4 Å². The van der Waals surface area contributed by atoms with E-state index in [1.54, 1.807) is 0 Å². The number of hydrogen-bond acceptors (Lipinski definition) is 4. The third kappa shape index (κ3) is 5.27. The van der Waals surface area contributed by atoms with Crippen LogP contribution < -0.4 is 0 Å². The number of carbonyl (C=O) groups excluding carboxylic acids is 1. The molecule has 3 rings (SSSR count). The highest BCUT2D eigenvalue weighted by atomic mass is 16.5. The van der Waals surface area contributed by atoms with Crippen molar-refractivity contribution in [3.63, 3.8) is 0 Å². The lowest BCUT2D eigenvalue weighted by molar-refractivity contribution is -0.136. The molecule has 26 heavy (non-hydrogen) atoms. The summed E-state index contributed by atoms with van der Waals surface area (Å²) in [5.74, 6) is 0.300. The number of carbonyl (C=O) groups is 1. The molecule has 2 fully saturated rings. The molecule has 0 saturated carbocycles. The molecule has 0 aromatic carbocycles. The SMILES string of the molecule is CC(C)(C)CC(=O)N1CCC2(CC1)COCCN(Cc1cccnc1)C2. The summed E-state index contributed by atoms with van der Waals surface area (Å²) in [5.41, 5.74) is 1.48. The maximum Gasteiger partial charge on any atom is 0.223 e. The summed E-state index contributed by atoms with van der Waals surface area (Å²) in [4.78, 5) is 21.3. The van der Waals surface area contributed by atoms with Gasteiger partial charge in [-0.15, -0.1) is 0 Å². The van der Waals surface area contributed by atoms with Gasteiger partial charge in [-0.3, -0.25) is 14.7 Å². The monoisotopic (exact) mass is 359 g/mol. The average Bonchev–Trinajstić information content (AvgIpc) is 2.77. The standard InChI is InChI=1S/C21H33N3O2/c1-20(2,3)13-19(25)24-9-6-21(7-10-24)16-23(11-12-26-17-21)15-18-5-4-8-22-14-18/h4-5,8,14H,6-7,9-13,15-17H2,1-3H3. The summed E-state index contributed by atoms with van der Waals surface area (Å²) in [6.07, 6.45) is 6.47. The van der Waals surface area contributed by atoms with E-state index in [9.17, 15) is 4.79 Å². The third-order valence-electron chi connectivity index (χ3n) is 5.51. The van der Waals surface area contributed by atoms with Crippen LogP contribution in [0.3, 0.4) is 0 Å². The molecule has 0 bridgehead atoms. The Balaban J connectivity index is 1.58. The second-order valence-electron chi connectivity index (χ2n) is 9.24. The fourth-order valence-corrected chi connectivity index (χ4v) is 4.06. The summed E-state index contributed by atoms with van der Waals surface area (Å²) in [5, 5.41) is 0. The first-order valence-corrected chi connectivity index (χ1v) is 9.82. The van der Waals surface area contributed by atoms with Crippen molar-refractivity contribution in [1.29, 1.82) is 0 Å². The maximum atomic E-state index is 12.5. The van der Waals surface area contributed by atoms with Crippen LogP contribution in [0.15, 0.2) is 24.5 Å². The lowest BCUT2D eigenvalue weighted by atomic mass is 9.78.